The third kappa shape index (κ3) is 3.58. The van der Waals surface area contributed by atoms with Crippen molar-refractivity contribution in [2.45, 2.75) is 19.8 Å². The molecule has 0 saturated carbocycles. The smallest absolute Gasteiger partial charge is 0.253 e. The average Bonchev–Trinajstić information content (AvgIpc) is 2.90. The number of hydrogen-bond acceptors (Lipinski definition) is 2. The number of amides is 1. The second kappa shape index (κ2) is 6.95. The molecule has 0 aliphatic carbocycles. The molecule has 102 valence electrons. The van der Waals surface area contributed by atoms with Crippen LogP contribution in [0.15, 0.2) is 30.5 Å². The first-order valence-electron chi connectivity index (χ1n) is 6.75. The molecular weight excluding hydrogens is 240 g/mol. The zero-order valence-electron chi connectivity index (χ0n) is 11.2. The molecule has 0 atom stereocenters. The van der Waals surface area contributed by atoms with E-state index in [0.717, 1.165) is 30.4 Å². The lowest BCUT2D eigenvalue weighted by molar-refractivity contribution is 0.0914. The molecule has 1 heterocycles. The molecule has 0 radical (unpaired) electrons. The second-order valence-electron chi connectivity index (χ2n) is 4.47. The van der Waals surface area contributed by atoms with Crippen LogP contribution in [0.2, 0.25) is 0 Å². The van der Waals surface area contributed by atoms with Crippen LogP contribution in [-0.4, -0.2) is 30.6 Å². The van der Waals surface area contributed by atoms with Gasteiger partial charge in [0.25, 0.3) is 5.91 Å². The minimum Gasteiger partial charge on any atom is -0.380 e. The predicted molar refractivity (Wildman–Crippen MR) is 76.4 cm³/mol. The Hall–Kier alpha value is -1.81. The van der Waals surface area contributed by atoms with Gasteiger partial charge in [-0.2, -0.15) is 0 Å². The molecule has 4 heteroatoms. The van der Waals surface area contributed by atoms with E-state index >= 15 is 0 Å². The first-order chi connectivity index (χ1) is 9.33. The van der Waals surface area contributed by atoms with Crippen LogP contribution >= 0.6 is 0 Å². The maximum Gasteiger partial charge on any atom is 0.253 e. The summed E-state index contributed by atoms with van der Waals surface area (Å²) in [6.45, 7) is 3.99. The Labute approximate surface area is 113 Å². The number of para-hydroxylation sites is 1. The highest BCUT2D eigenvalue weighted by molar-refractivity contribution is 6.05. The van der Waals surface area contributed by atoms with E-state index in [1.54, 1.807) is 0 Å². The van der Waals surface area contributed by atoms with E-state index in [-0.39, 0.29) is 5.91 Å². The number of nitrogens with one attached hydrogen (secondary N) is 2. The molecule has 19 heavy (non-hydrogen) atoms. The molecule has 1 aromatic heterocycles. The first kappa shape index (κ1) is 13.6. The zero-order valence-corrected chi connectivity index (χ0v) is 11.2. The van der Waals surface area contributed by atoms with Crippen molar-refractivity contribution in [3.8, 4) is 0 Å². The van der Waals surface area contributed by atoms with Crippen molar-refractivity contribution in [3.63, 3.8) is 0 Å². The summed E-state index contributed by atoms with van der Waals surface area (Å²) in [7, 11) is 0. The summed E-state index contributed by atoms with van der Waals surface area (Å²) < 4.78 is 5.41. The van der Waals surface area contributed by atoms with Gasteiger partial charge in [0, 0.05) is 24.7 Å². The van der Waals surface area contributed by atoms with Crippen LogP contribution in [0.25, 0.3) is 10.9 Å². The summed E-state index contributed by atoms with van der Waals surface area (Å²) >= 11 is 0. The lowest BCUT2D eigenvalue weighted by Gasteiger charge is -2.07. The van der Waals surface area contributed by atoms with Gasteiger partial charge in [0.2, 0.25) is 0 Å². The molecular formula is C15H20N2O2. The Morgan fingerprint density at radius 3 is 3.05 bits per heavy atom. The van der Waals surface area contributed by atoms with Crippen molar-refractivity contribution in [3.05, 3.63) is 36.0 Å². The van der Waals surface area contributed by atoms with Crippen molar-refractivity contribution in [1.82, 2.24) is 10.3 Å². The van der Waals surface area contributed by atoms with E-state index in [2.05, 4.69) is 17.2 Å². The van der Waals surface area contributed by atoms with Gasteiger partial charge in [-0.25, -0.2) is 0 Å². The summed E-state index contributed by atoms with van der Waals surface area (Å²) in [5, 5.41) is 3.92. The van der Waals surface area contributed by atoms with Gasteiger partial charge in [-0.3, -0.25) is 4.79 Å². The van der Waals surface area contributed by atoms with Gasteiger partial charge in [-0.1, -0.05) is 25.5 Å². The quantitative estimate of drug-likeness (QED) is 0.752. The van der Waals surface area contributed by atoms with Crippen LogP contribution in [0.5, 0.6) is 0 Å². The maximum absolute atomic E-state index is 12.1. The Morgan fingerprint density at radius 1 is 1.32 bits per heavy atom. The minimum atomic E-state index is -0.0628. The summed E-state index contributed by atoms with van der Waals surface area (Å²) in [4.78, 5) is 15.2. The Morgan fingerprint density at radius 2 is 2.21 bits per heavy atom. The number of carbonyl (C=O) groups excluding carboxylic acids is 1. The minimum absolute atomic E-state index is 0.0628. The molecule has 0 saturated heterocycles. The molecule has 1 amide bonds. The number of benzene rings is 1. The highest BCUT2D eigenvalue weighted by atomic mass is 16.5. The van der Waals surface area contributed by atoms with E-state index < -0.39 is 0 Å². The highest BCUT2D eigenvalue weighted by Gasteiger charge is 2.09. The molecule has 4 nitrogen and oxygen atoms in total. The molecule has 0 bridgehead atoms. The normalized spacial score (nSPS) is 10.8. The number of rotatable bonds is 7. The molecule has 0 spiro atoms. The summed E-state index contributed by atoms with van der Waals surface area (Å²) in [5.41, 5.74) is 1.56. The largest absolute Gasteiger partial charge is 0.380 e. The van der Waals surface area contributed by atoms with Crippen molar-refractivity contribution >= 4 is 16.8 Å². The summed E-state index contributed by atoms with van der Waals surface area (Å²) in [6.07, 6.45) is 4.03. The zero-order chi connectivity index (χ0) is 13.5. The van der Waals surface area contributed by atoms with Gasteiger partial charge >= 0.3 is 0 Å². The monoisotopic (exact) mass is 260 g/mol. The van der Waals surface area contributed by atoms with Crippen molar-refractivity contribution in [1.29, 1.82) is 0 Å². The Bertz CT molecular complexity index is 534. The van der Waals surface area contributed by atoms with E-state index in [0.29, 0.717) is 18.7 Å². The Balaban J connectivity index is 1.85. The molecule has 0 aliphatic heterocycles. The number of fused-ring (bicyclic) bond motifs is 1. The molecule has 2 aromatic rings. The fourth-order valence-corrected chi connectivity index (χ4v) is 1.95. The van der Waals surface area contributed by atoms with Gasteiger partial charge in [-0.15, -0.1) is 0 Å². The van der Waals surface area contributed by atoms with E-state index in [1.807, 2.05) is 30.5 Å². The number of aromatic nitrogens is 1. The molecule has 2 rings (SSSR count). The summed E-state index contributed by atoms with van der Waals surface area (Å²) in [6, 6.07) is 7.66. The second-order valence-corrected chi connectivity index (χ2v) is 4.47. The van der Waals surface area contributed by atoms with Crippen LogP contribution in [0, 0.1) is 0 Å². The number of H-pyrrole nitrogens is 1. The molecule has 0 aliphatic rings. The van der Waals surface area contributed by atoms with Crippen LogP contribution in [-0.2, 0) is 4.74 Å². The SMILES string of the molecule is CCCCOCCNC(=O)c1cccc2cc[nH]c12. The van der Waals surface area contributed by atoms with Gasteiger partial charge in [0.05, 0.1) is 17.7 Å². The molecule has 2 N–H and O–H groups in total. The van der Waals surface area contributed by atoms with Crippen molar-refractivity contribution in [2.24, 2.45) is 0 Å². The fraction of sp³-hybridized carbons (Fsp3) is 0.400. The maximum atomic E-state index is 12.1. The topological polar surface area (TPSA) is 54.1 Å². The van der Waals surface area contributed by atoms with Gasteiger partial charge < -0.3 is 15.0 Å². The molecule has 0 unspecified atom stereocenters. The van der Waals surface area contributed by atoms with Crippen molar-refractivity contribution in [2.75, 3.05) is 19.8 Å². The standard InChI is InChI=1S/C15H20N2O2/c1-2-3-10-19-11-9-17-15(18)13-6-4-5-12-7-8-16-14(12)13/h4-8,16H,2-3,9-11H2,1H3,(H,17,18). The van der Waals surface area contributed by atoms with E-state index in [9.17, 15) is 4.79 Å². The highest BCUT2D eigenvalue weighted by Crippen LogP contribution is 2.16. The molecule has 1 aromatic carbocycles. The van der Waals surface area contributed by atoms with Crippen molar-refractivity contribution < 1.29 is 9.53 Å². The lowest BCUT2D eigenvalue weighted by atomic mass is 10.1. The fourth-order valence-electron chi connectivity index (χ4n) is 1.95. The van der Waals surface area contributed by atoms with Gasteiger partial charge in [0.1, 0.15) is 0 Å². The number of hydrogen-bond donors (Lipinski definition) is 2. The lowest BCUT2D eigenvalue weighted by Crippen LogP contribution is -2.27. The third-order valence-corrected chi connectivity index (χ3v) is 3.01. The number of carbonyl (C=O) groups is 1. The van der Waals surface area contributed by atoms with Gasteiger partial charge in [-0.05, 0) is 18.6 Å². The van der Waals surface area contributed by atoms with Crippen LogP contribution in [0.4, 0.5) is 0 Å². The Kier molecular flexibility index (Phi) is 4.98. The first-order valence-corrected chi connectivity index (χ1v) is 6.75. The average molecular weight is 260 g/mol. The third-order valence-electron chi connectivity index (χ3n) is 3.01. The summed E-state index contributed by atoms with van der Waals surface area (Å²) in [5.74, 6) is -0.0628. The number of unbranched alkanes of at least 4 members (excludes halogenated alkanes) is 1. The van der Waals surface area contributed by atoms with E-state index in [1.165, 1.54) is 0 Å². The number of aromatic amines is 1. The molecule has 0 fully saturated rings. The predicted octanol–water partition coefficient (Wildman–Crippen LogP) is 2.71. The van der Waals surface area contributed by atoms with Crippen LogP contribution < -0.4 is 5.32 Å². The van der Waals surface area contributed by atoms with Crippen LogP contribution in [0.3, 0.4) is 0 Å². The number of ether oxygens (including phenoxy) is 1. The van der Waals surface area contributed by atoms with Crippen LogP contribution in [0.1, 0.15) is 30.1 Å². The van der Waals surface area contributed by atoms with Gasteiger partial charge in [0.15, 0.2) is 0 Å². The van der Waals surface area contributed by atoms with E-state index in [4.69, 9.17) is 4.74 Å².